The second-order valence-corrected chi connectivity index (χ2v) is 5.18. The third kappa shape index (κ3) is 3.14. The van der Waals surface area contributed by atoms with Gasteiger partial charge in [0.25, 0.3) is 5.91 Å². The molecule has 0 saturated carbocycles. The molecule has 3 rings (SSSR count). The van der Waals surface area contributed by atoms with Crippen molar-refractivity contribution in [3.05, 3.63) is 35.5 Å². The van der Waals surface area contributed by atoms with E-state index >= 15 is 0 Å². The van der Waals surface area contributed by atoms with E-state index in [1.165, 1.54) is 22.9 Å². The molecular formula is C14H12N4O4S. The molecule has 0 fully saturated rings. The van der Waals surface area contributed by atoms with Crippen molar-refractivity contribution in [2.24, 2.45) is 0 Å². The molecule has 0 unspecified atom stereocenters. The average molecular weight is 332 g/mol. The Morgan fingerprint density at radius 1 is 1.22 bits per heavy atom. The highest BCUT2D eigenvalue weighted by atomic mass is 32.1. The van der Waals surface area contributed by atoms with Crippen LogP contribution in [-0.4, -0.2) is 35.5 Å². The van der Waals surface area contributed by atoms with Gasteiger partial charge in [-0.2, -0.15) is 0 Å². The number of amides is 1. The molecule has 9 heteroatoms. The zero-order chi connectivity index (χ0) is 16.2. The van der Waals surface area contributed by atoms with Crippen molar-refractivity contribution < 1.29 is 18.8 Å². The van der Waals surface area contributed by atoms with Crippen molar-refractivity contribution in [1.82, 2.24) is 15.4 Å². The van der Waals surface area contributed by atoms with Gasteiger partial charge in [0, 0.05) is 11.6 Å². The standard InChI is InChI=1S/C14H12N4O4S/c1-20-10-4-3-8(5-12(10)21-2)11-6-9(18-22-11)13(19)16-14-17-15-7-23-14/h3-7H,1-2H3,(H,16,17,19). The fourth-order valence-electron chi connectivity index (χ4n) is 1.90. The zero-order valence-electron chi connectivity index (χ0n) is 12.3. The van der Waals surface area contributed by atoms with E-state index in [4.69, 9.17) is 14.0 Å². The molecule has 0 spiro atoms. The third-order valence-electron chi connectivity index (χ3n) is 2.99. The maximum Gasteiger partial charge on any atom is 0.279 e. The van der Waals surface area contributed by atoms with Gasteiger partial charge in [-0.15, -0.1) is 10.2 Å². The first-order valence-corrected chi connectivity index (χ1v) is 7.36. The van der Waals surface area contributed by atoms with Crippen LogP contribution >= 0.6 is 11.3 Å². The van der Waals surface area contributed by atoms with Crippen LogP contribution < -0.4 is 14.8 Å². The lowest BCUT2D eigenvalue weighted by atomic mass is 10.1. The number of anilines is 1. The molecule has 0 aliphatic heterocycles. The number of ether oxygens (including phenoxy) is 2. The molecule has 0 saturated heterocycles. The molecule has 0 radical (unpaired) electrons. The van der Waals surface area contributed by atoms with Gasteiger partial charge in [-0.25, -0.2) is 0 Å². The second-order valence-electron chi connectivity index (χ2n) is 4.34. The number of methoxy groups -OCH3 is 2. The molecule has 118 valence electrons. The summed E-state index contributed by atoms with van der Waals surface area (Å²) >= 11 is 1.22. The Labute approximate surface area is 135 Å². The summed E-state index contributed by atoms with van der Waals surface area (Å²) in [5.41, 5.74) is 2.38. The first-order chi connectivity index (χ1) is 11.2. The number of hydrogen-bond donors (Lipinski definition) is 1. The van der Waals surface area contributed by atoms with Crippen molar-refractivity contribution in [2.75, 3.05) is 19.5 Å². The van der Waals surface area contributed by atoms with Crippen LogP contribution in [-0.2, 0) is 0 Å². The van der Waals surface area contributed by atoms with E-state index in [0.717, 1.165) is 0 Å². The van der Waals surface area contributed by atoms with Crippen LogP contribution in [0.25, 0.3) is 11.3 Å². The lowest BCUT2D eigenvalue weighted by Crippen LogP contribution is -2.11. The van der Waals surface area contributed by atoms with Gasteiger partial charge in [-0.05, 0) is 18.2 Å². The minimum atomic E-state index is -0.419. The van der Waals surface area contributed by atoms with Gasteiger partial charge in [0.2, 0.25) is 5.13 Å². The summed E-state index contributed by atoms with van der Waals surface area (Å²) in [5, 5.41) is 14.1. The van der Waals surface area contributed by atoms with Crippen molar-refractivity contribution in [1.29, 1.82) is 0 Å². The average Bonchev–Trinajstić information content (AvgIpc) is 3.25. The molecule has 0 aliphatic carbocycles. The summed E-state index contributed by atoms with van der Waals surface area (Å²) in [4.78, 5) is 12.0. The summed E-state index contributed by atoms with van der Waals surface area (Å²) in [6, 6.07) is 6.81. The monoisotopic (exact) mass is 332 g/mol. The summed E-state index contributed by atoms with van der Waals surface area (Å²) < 4.78 is 15.6. The maximum atomic E-state index is 12.0. The van der Waals surface area contributed by atoms with E-state index in [1.54, 1.807) is 32.4 Å². The molecule has 1 aromatic carbocycles. The largest absolute Gasteiger partial charge is 0.493 e. The Hall–Kier alpha value is -2.94. The van der Waals surface area contributed by atoms with Gasteiger partial charge < -0.3 is 14.0 Å². The van der Waals surface area contributed by atoms with Crippen LogP contribution in [0.2, 0.25) is 0 Å². The van der Waals surface area contributed by atoms with Crippen LogP contribution in [0, 0.1) is 0 Å². The summed E-state index contributed by atoms with van der Waals surface area (Å²) in [6.45, 7) is 0. The highest BCUT2D eigenvalue weighted by molar-refractivity contribution is 7.13. The Kier molecular flexibility index (Phi) is 4.20. The van der Waals surface area contributed by atoms with Crippen molar-refractivity contribution in [3.8, 4) is 22.8 Å². The number of nitrogens with zero attached hydrogens (tertiary/aromatic N) is 3. The first kappa shape index (κ1) is 15.0. The minimum absolute atomic E-state index is 0.144. The van der Waals surface area contributed by atoms with Crippen LogP contribution in [0.3, 0.4) is 0 Å². The molecule has 1 N–H and O–H groups in total. The van der Waals surface area contributed by atoms with E-state index in [1.807, 2.05) is 0 Å². The molecule has 3 aromatic rings. The molecule has 23 heavy (non-hydrogen) atoms. The Balaban J connectivity index is 1.82. The number of carbonyl (C=O) groups excluding carboxylic acids is 1. The SMILES string of the molecule is COc1ccc(-c2cc(C(=O)Nc3nncs3)no2)cc1OC. The normalized spacial score (nSPS) is 10.3. The summed E-state index contributed by atoms with van der Waals surface area (Å²) in [7, 11) is 3.10. The number of rotatable bonds is 5. The minimum Gasteiger partial charge on any atom is -0.493 e. The first-order valence-electron chi connectivity index (χ1n) is 6.48. The van der Waals surface area contributed by atoms with Crippen LogP contribution in [0.1, 0.15) is 10.5 Å². The molecule has 0 aliphatic rings. The van der Waals surface area contributed by atoms with E-state index in [-0.39, 0.29) is 5.69 Å². The lowest BCUT2D eigenvalue weighted by molar-refractivity contribution is 0.101. The fourth-order valence-corrected chi connectivity index (χ4v) is 2.34. The quantitative estimate of drug-likeness (QED) is 0.766. The number of carbonyl (C=O) groups is 1. The number of benzene rings is 1. The fraction of sp³-hybridized carbons (Fsp3) is 0.143. The van der Waals surface area contributed by atoms with Gasteiger partial charge in [-0.1, -0.05) is 16.5 Å². The number of hydrogen-bond acceptors (Lipinski definition) is 8. The van der Waals surface area contributed by atoms with Crippen molar-refractivity contribution in [3.63, 3.8) is 0 Å². The van der Waals surface area contributed by atoms with Crippen molar-refractivity contribution in [2.45, 2.75) is 0 Å². The molecule has 2 heterocycles. The van der Waals surface area contributed by atoms with Crippen LogP contribution in [0.4, 0.5) is 5.13 Å². The Morgan fingerprint density at radius 3 is 2.74 bits per heavy atom. The second kappa shape index (κ2) is 6.44. The van der Waals surface area contributed by atoms with E-state index in [0.29, 0.717) is 28.0 Å². The van der Waals surface area contributed by atoms with Gasteiger partial charge in [0.15, 0.2) is 23.0 Å². The third-order valence-corrected chi connectivity index (χ3v) is 3.60. The number of nitrogens with one attached hydrogen (secondary N) is 1. The zero-order valence-corrected chi connectivity index (χ0v) is 13.1. The molecule has 0 atom stereocenters. The smallest absolute Gasteiger partial charge is 0.279 e. The van der Waals surface area contributed by atoms with Crippen LogP contribution in [0.5, 0.6) is 11.5 Å². The van der Waals surface area contributed by atoms with Gasteiger partial charge >= 0.3 is 0 Å². The molecule has 0 bridgehead atoms. The molecular weight excluding hydrogens is 320 g/mol. The van der Waals surface area contributed by atoms with E-state index < -0.39 is 5.91 Å². The topological polar surface area (TPSA) is 99.4 Å². The van der Waals surface area contributed by atoms with E-state index in [2.05, 4.69) is 20.7 Å². The Morgan fingerprint density at radius 2 is 2.04 bits per heavy atom. The van der Waals surface area contributed by atoms with Crippen LogP contribution in [0.15, 0.2) is 34.3 Å². The molecule has 1 amide bonds. The highest BCUT2D eigenvalue weighted by Gasteiger charge is 2.16. The lowest BCUT2D eigenvalue weighted by Gasteiger charge is -2.07. The predicted molar refractivity (Wildman–Crippen MR) is 82.9 cm³/mol. The van der Waals surface area contributed by atoms with E-state index in [9.17, 15) is 4.79 Å². The predicted octanol–water partition coefficient (Wildman–Crippen LogP) is 2.46. The van der Waals surface area contributed by atoms with Gasteiger partial charge in [-0.3, -0.25) is 10.1 Å². The van der Waals surface area contributed by atoms with Gasteiger partial charge in [0.05, 0.1) is 14.2 Å². The summed E-state index contributed by atoms with van der Waals surface area (Å²) in [5.74, 6) is 1.18. The highest BCUT2D eigenvalue weighted by Crippen LogP contribution is 2.32. The molecule has 8 nitrogen and oxygen atoms in total. The van der Waals surface area contributed by atoms with Crippen molar-refractivity contribution >= 4 is 22.4 Å². The number of aromatic nitrogens is 3. The van der Waals surface area contributed by atoms with Gasteiger partial charge in [0.1, 0.15) is 5.51 Å². The summed E-state index contributed by atoms with van der Waals surface area (Å²) in [6.07, 6.45) is 0. The Bertz CT molecular complexity index is 816. The maximum absolute atomic E-state index is 12.0. The molecule has 2 aromatic heterocycles.